The molecule has 0 saturated carbocycles. The zero-order valence-corrected chi connectivity index (χ0v) is 15.9. The van der Waals surface area contributed by atoms with Crippen LogP contribution in [0.3, 0.4) is 0 Å². The van der Waals surface area contributed by atoms with Gasteiger partial charge >= 0.3 is 0 Å². The number of aryl methyl sites for hydroxylation is 2. The maximum absolute atomic E-state index is 12.2. The summed E-state index contributed by atoms with van der Waals surface area (Å²) >= 11 is 1.46. The van der Waals surface area contributed by atoms with E-state index < -0.39 is 0 Å². The van der Waals surface area contributed by atoms with Crippen molar-refractivity contribution >= 4 is 27.9 Å². The number of rotatable bonds is 6. The van der Waals surface area contributed by atoms with Crippen LogP contribution < -0.4 is 15.6 Å². The molecule has 0 aliphatic rings. The van der Waals surface area contributed by atoms with Crippen molar-refractivity contribution in [2.45, 2.75) is 40.2 Å². The number of anilines is 1. The first-order valence-corrected chi connectivity index (χ1v) is 9.30. The summed E-state index contributed by atoms with van der Waals surface area (Å²) in [7, 11) is 0. The van der Waals surface area contributed by atoms with Gasteiger partial charge in [-0.1, -0.05) is 13.0 Å². The molecule has 1 aromatic carbocycles. The molecule has 26 heavy (non-hydrogen) atoms. The van der Waals surface area contributed by atoms with Crippen LogP contribution >= 0.6 is 11.3 Å². The lowest BCUT2D eigenvalue weighted by Crippen LogP contribution is -2.15. The molecular weight excluding hydrogens is 350 g/mol. The van der Waals surface area contributed by atoms with Gasteiger partial charge < -0.3 is 10.1 Å². The first-order chi connectivity index (χ1) is 12.5. The van der Waals surface area contributed by atoms with Crippen molar-refractivity contribution in [1.82, 2.24) is 9.38 Å². The summed E-state index contributed by atoms with van der Waals surface area (Å²) in [6.07, 6.45) is 3.02. The normalized spacial score (nSPS) is 10.9. The highest BCUT2D eigenvalue weighted by atomic mass is 32.1. The minimum absolute atomic E-state index is 0.0465. The summed E-state index contributed by atoms with van der Waals surface area (Å²) in [6, 6.07) is 7.08. The summed E-state index contributed by atoms with van der Waals surface area (Å²) in [6.45, 7) is 6.00. The molecular formula is C19H21N3O3S. The Balaban J connectivity index is 1.81. The highest BCUT2D eigenvalue weighted by Gasteiger charge is 2.10. The number of carbonyl (C=O) groups is 1. The largest absolute Gasteiger partial charge is 0.485 e. The third-order valence-corrected chi connectivity index (χ3v) is 4.70. The number of carbonyl (C=O) groups excluding carboxylic acids is 1. The Morgan fingerprint density at radius 3 is 2.88 bits per heavy atom. The van der Waals surface area contributed by atoms with Crippen molar-refractivity contribution in [2.75, 3.05) is 5.32 Å². The van der Waals surface area contributed by atoms with Gasteiger partial charge in [0.1, 0.15) is 12.4 Å². The lowest BCUT2D eigenvalue weighted by Gasteiger charge is -2.13. The fourth-order valence-electron chi connectivity index (χ4n) is 2.59. The van der Waals surface area contributed by atoms with Crippen LogP contribution in [0.5, 0.6) is 5.75 Å². The van der Waals surface area contributed by atoms with E-state index in [9.17, 15) is 9.59 Å². The van der Waals surface area contributed by atoms with Gasteiger partial charge in [0.2, 0.25) is 5.91 Å². The van der Waals surface area contributed by atoms with E-state index in [0.717, 1.165) is 16.9 Å². The predicted molar refractivity (Wildman–Crippen MR) is 103 cm³/mol. The van der Waals surface area contributed by atoms with Crippen LogP contribution in [0.4, 0.5) is 5.69 Å². The monoisotopic (exact) mass is 371 g/mol. The Bertz CT molecular complexity index is 1010. The van der Waals surface area contributed by atoms with Gasteiger partial charge in [-0.3, -0.25) is 14.0 Å². The number of ether oxygens (including phenoxy) is 1. The van der Waals surface area contributed by atoms with E-state index in [4.69, 9.17) is 4.74 Å². The summed E-state index contributed by atoms with van der Waals surface area (Å²) in [4.78, 5) is 30.2. The molecule has 0 radical (unpaired) electrons. The summed E-state index contributed by atoms with van der Waals surface area (Å²) in [5, 5.41) is 2.88. The second-order valence-corrected chi connectivity index (χ2v) is 7.38. The Kier molecular flexibility index (Phi) is 5.37. The van der Waals surface area contributed by atoms with Crippen LogP contribution in [-0.2, 0) is 11.4 Å². The van der Waals surface area contributed by atoms with Crippen LogP contribution in [0, 0.1) is 13.8 Å². The molecule has 0 atom stereocenters. The molecule has 1 N–H and O–H groups in total. The Morgan fingerprint density at radius 2 is 2.12 bits per heavy atom. The lowest BCUT2D eigenvalue weighted by atomic mass is 10.2. The number of thiazole rings is 1. The molecule has 2 heterocycles. The fourth-order valence-corrected chi connectivity index (χ4v) is 3.44. The van der Waals surface area contributed by atoms with E-state index in [1.54, 1.807) is 6.20 Å². The van der Waals surface area contributed by atoms with Gasteiger partial charge in [-0.25, -0.2) is 4.98 Å². The molecule has 0 fully saturated rings. The fraction of sp³-hybridized carbons (Fsp3) is 0.316. The standard InChI is InChI=1S/C19H21N3O3S/c1-4-5-17(23)21-15-8-12(2)6-7-16(15)25-11-14-9-18(24)22-10-13(3)26-19(22)20-14/h6-10H,4-5,11H2,1-3H3,(H,21,23). The van der Waals surface area contributed by atoms with Gasteiger partial charge in [0.05, 0.1) is 11.4 Å². The van der Waals surface area contributed by atoms with Crippen molar-refractivity contribution in [3.63, 3.8) is 0 Å². The first-order valence-electron chi connectivity index (χ1n) is 8.48. The zero-order valence-electron chi connectivity index (χ0n) is 15.0. The molecule has 136 valence electrons. The predicted octanol–water partition coefficient (Wildman–Crippen LogP) is 3.69. The van der Waals surface area contributed by atoms with Gasteiger partial charge in [0.25, 0.3) is 5.56 Å². The van der Waals surface area contributed by atoms with Crippen LogP contribution in [0.25, 0.3) is 4.96 Å². The maximum atomic E-state index is 12.2. The molecule has 7 heteroatoms. The number of benzene rings is 1. The van der Waals surface area contributed by atoms with E-state index in [1.165, 1.54) is 21.8 Å². The topological polar surface area (TPSA) is 72.7 Å². The number of nitrogens with zero attached hydrogens (tertiary/aromatic N) is 2. The maximum Gasteiger partial charge on any atom is 0.258 e. The van der Waals surface area contributed by atoms with Gasteiger partial charge in [0.15, 0.2) is 4.96 Å². The highest BCUT2D eigenvalue weighted by molar-refractivity contribution is 7.16. The Labute approximate surface area is 155 Å². The number of hydrogen-bond acceptors (Lipinski definition) is 5. The summed E-state index contributed by atoms with van der Waals surface area (Å²) < 4.78 is 7.38. The second-order valence-electron chi connectivity index (χ2n) is 6.17. The van der Waals surface area contributed by atoms with Gasteiger partial charge in [-0.15, -0.1) is 11.3 Å². The van der Waals surface area contributed by atoms with Crippen LogP contribution in [-0.4, -0.2) is 15.3 Å². The molecule has 0 saturated heterocycles. The number of amides is 1. The Morgan fingerprint density at radius 1 is 1.31 bits per heavy atom. The van der Waals surface area contributed by atoms with E-state index in [1.807, 2.05) is 39.0 Å². The summed E-state index contributed by atoms with van der Waals surface area (Å²) in [5.41, 5.74) is 2.09. The molecule has 0 spiro atoms. The molecule has 0 aliphatic heterocycles. The highest BCUT2D eigenvalue weighted by Crippen LogP contribution is 2.27. The number of fused-ring (bicyclic) bond motifs is 1. The molecule has 0 aliphatic carbocycles. The minimum atomic E-state index is -0.127. The van der Waals surface area contributed by atoms with Crippen molar-refractivity contribution in [2.24, 2.45) is 0 Å². The van der Waals surface area contributed by atoms with Crippen molar-refractivity contribution in [1.29, 1.82) is 0 Å². The van der Waals surface area contributed by atoms with E-state index in [2.05, 4.69) is 10.3 Å². The molecule has 3 aromatic rings. The molecule has 6 nitrogen and oxygen atoms in total. The SMILES string of the molecule is CCCC(=O)Nc1cc(C)ccc1OCc1cc(=O)n2cc(C)sc2n1. The van der Waals surface area contributed by atoms with Gasteiger partial charge in [-0.2, -0.15) is 0 Å². The number of nitrogens with one attached hydrogen (secondary N) is 1. The smallest absolute Gasteiger partial charge is 0.258 e. The first kappa shape index (κ1) is 18.1. The molecule has 0 bridgehead atoms. The van der Waals surface area contributed by atoms with E-state index in [-0.39, 0.29) is 18.1 Å². The Hall–Kier alpha value is -2.67. The van der Waals surface area contributed by atoms with Crippen molar-refractivity contribution < 1.29 is 9.53 Å². The van der Waals surface area contributed by atoms with Crippen LogP contribution in [0.1, 0.15) is 35.9 Å². The lowest BCUT2D eigenvalue weighted by molar-refractivity contribution is -0.116. The van der Waals surface area contributed by atoms with Gasteiger partial charge in [-0.05, 0) is 38.0 Å². The molecule has 1 amide bonds. The van der Waals surface area contributed by atoms with Crippen molar-refractivity contribution in [3.8, 4) is 5.75 Å². The third kappa shape index (κ3) is 4.11. The molecule has 2 aromatic heterocycles. The molecule has 3 rings (SSSR count). The van der Waals surface area contributed by atoms with E-state index in [0.29, 0.717) is 28.5 Å². The summed E-state index contributed by atoms with van der Waals surface area (Å²) in [5.74, 6) is 0.513. The van der Waals surface area contributed by atoms with Crippen molar-refractivity contribution in [3.05, 3.63) is 57.0 Å². The second kappa shape index (κ2) is 7.70. The minimum Gasteiger partial charge on any atom is -0.485 e. The molecule has 0 unspecified atom stereocenters. The number of aromatic nitrogens is 2. The van der Waals surface area contributed by atoms with Crippen LogP contribution in [0.2, 0.25) is 0 Å². The van der Waals surface area contributed by atoms with E-state index >= 15 is 0 Å². The third-order valence-electron chi connectivity index (χ3n) is 3.80. The average molecular weight is 371 g/mol. The van der Waals surface area contributed by atoms with Gasteiger partial charge in [0, 0.05) is 23.6 Å². The quantitative estimate of drug-likeness (QED) is 0.717. The zero-order chi connectivity index (χ0) is 18.7. The number of hydrogen-bond donors (Lipinski definition) is 1. The average Bonchev–Trinajstić information content (AvgIpc) is 2.95. The van der Waals surface area contributed by atoms with Crippen LogP contribution in [0.15, 0.2) is 35.3 Å².